The van der Waals surface area contributed by atoms with Crippen molar-refractivity contribution in [2.45, 2.75) is 12.8 Å². The van der Waals surface area contributed by atoms with E-state index in [9.17, 15) is 9.59 Å². The zero-order chi connectivity index (χ0) is 14.5. The summed E-state index contributed by atoms with van der Waals surface area (Å²) >= 11 is 2.62. The quantitative estimate of drug-likeness (QED) is 0.793. The number of carbonyl (C=O) groups excluding carboxylic acids is 2. The fourth-order valence-electron chi connectivity index (χ4n) is 1.45. The van der Waals surface area contributed by atoms with Crippen LogP contribution in [0.5, 0.6) is 0 Å². The van der Waals surface area contributed by atoms with Gasteiger partial charge in [-0.3, -0.25) is 4.79 Å². The Balaban J connectivity index is 1.97. The summed E-state index contributed by atoms with van der Waals surface area (Å²) in [7, 11) is 0. The van der Waals surface area contributed by atoms with Gasteiger partial charge in [-0.25, -0.2) is 9.78 Å². The van der Waals surface area contributed by atoms with Crippen LogP contribution in [0, 0.1) is 18.3 Å². The first-order valence-corrected chi connectivity index (χ1v) is 7.47. The van der Waals surface area contributed by atoms with Gasteiger partial charge in [0.05, 0.1) is 11.6 Å². The molecule has 5 nitrogen and oxygen atoms in total. The summed E-state index contributed by atoms with van der Waals surface area (Å²) in [4.78, 5) is 27.6. The zero-order valence-corrected chi connectivity index (χ0v) is 12.2. The molecule has 2 aromatic rings. The molecule has 0 aliphatic rings. The molecule has 0 aliphatic heterocycles. The minimum Gasteiger partial charge on any atom is -0.454 e. The summed E-state index contributed by atoms with van der Waals surface area (Å²) < 4.78 is 4.90. The van der Waals surface area contributed by atoms with E-state index in [1.165, 1.54) is 22.7 Å². The van der Waals surface area contributed by atoms with Crippen molar-refractivity contribution in [2.75, 3.05) is 6.61 Å². The molecule has 1 atom stereocenters. The summed E-state index contributed by atoms with van der Waals surface area (Å²) in [6, 6.07) is 3.51. The Bertz CT molecular complexity index is 655. The highest BCUT2D eigenvalue weighted by molar-refractivity contribution is 7.10. The van der Waals surface area contributed by atoms with Crippen LogP contribution in [-0.4, -0.2) is 23.3 Å². The van der Waals surface area contributed by atoms with E-state index < -0.39 is 24.3 Å². The molecule has 0 N–H and O–H groups in total. The molecule has 0 fully saturated rings. The molecule has 0 unspecified atom stereocenters. The predicted molar refractivity (Wildman–Crippen MR) is 74.8 cm³/mol. The van der Waals surface area contributed by atoms with Crippen molar-refractivity contribution in [1.29, 1.82) is 5.26 Å². The van der Waals surface area contributed by atoms with E-state index in [2.05, 4.69) is 4.98 Å². The van der Waals surface area contributed by atoms with E-state index in [0.717, 1.165) is 5.69 Å². The number of nitriles is 1. The zero-order valence-electron chi connectivity index (χ0n) is 10.5. The van der Waals surface area contributed by atoms with E-state index in [-0.39, 0.29) is 0 Å². The lowest BCUT2D eigenvalue weighted by Crippen LogP contribution is -2.19. The highest BCUT2D eigenvalue weighted by atomic mass is 32.1. The maximum absolute atomic E-state index is 11.9. The second-order valence-corrected chi connectivity index (χ2v) is 5.61. The molecule has 0 aliphatic carbocycles. The maximum Gasteiger partial charge on any atom is 0.339 e. The third-order valence-corrected chi connectivity index (χ3v) is 4.15. The molecular formula is C13H10N2O3S2. The number of nitrogens with zero attached hydrogens (tertiary/aromatic N) is 2. The second kappa shape index (κ2) is 6.41. The number of hydrogen-bond acceptors (Lipinski definition) is 7. The second-order valence-electron chi connectivity index (χ2n) is 3.94. The van der Waals surface area contributed by atoms with Crippen LogP contribution in [0.2, 0.25) is 0 Å². The number of thiazole rings is 1. The van der Waals surface area contributed by atoms with Gasteiger partial charge >= 0.3 is 5.97 Å². The smallest absolute Gasteiger partial charge is 0.339 e. The highest BCUT2D eigenvalue weighted by Gasteiger charge is 2.24. The number of esters is 1. The van der Waals surface area contributed by atoms with Crippen LogP contribution in [0.15, 0.2) is 22.2 Å². The van der Waals surface area contributed by atoms with Crippen LogP contribution in [0.25, 0.3) is 0 Å². The maximum atomic E-state index is 11.9. The van der Waals surface area contributed by atoms with Crippen molar-refractivity contribution < 1.29 is 14.3 Å². The van der Waals surface area contributed by atoms with Crippen LogP contribution in [-0.2, 0) is 9.53 Å². The lowest BCUT2D eigenvalue weighted by atomic mass is 10.1. The first-order chi connectivity index (χ1) is 9.61. The molecular weight excluding hydrogens is 296 g/mol. The van der Waals surface area contributed by atoms with E-state index in [4.69, 9.17) is 10.00 Å². The Labute approximate surface area is 123 Å². The molecule has 20 heavy (non-hydrogen) atoms. The lowest BCUT2D eigenvalue weighted by Gasteiger charge is -2.06. The molecule has 7 heteroatoms. The Morgan fingerprint density at radius 2 is 2.30 bits per heavy atom. The van der Waals surface area contributed by atoms with Gasteiger partial charge in [0, 0.05) is 16.5 Å². The van der Waals surface area contributed by atoms with Crippen molar-refractivity contribution in [1.82, 2.24) is 4.98 Å². The minimum atomic E-state index is -0.982. The minimum absolute atomic E-state index is 0.404. The summed E-state index contributed by atoms with van der Waals surface area (Å²) in [5.41, 5.74) is 1.16. The number of rotatable bonds is 5. The summed E-state index contributed by atoms with van der Waals surface area (Å²) in [6.45, 7) is 1.36. The molecule has 2 rings (SSSR count). The number of ether oxygens (including phenoxy) is 1. The molecule has 102 valence electrons. The van der Waals surface area contributed by atoms with Crippen LogP contribution < -0.4 is 0 Å². The van der Waals surface area contributed by atoms with Gasteiger partial charge in [0.25, 0.3) is 0 Å². The number of aryl methyl sites for hydroxylation is 1. The predicted octanol–water partition coefficient (Wildman–Crippen LogP) is 2.55. The van der Waals surface area contributed by atoms with E-state index in [1.807, 2.05) is 6.07 Å². The first kappa shape index (κ1) is 14.4. The topological polar surface area (TPSA) is 80.0 Å². The van der Waals surface area contributed by atoms with Gasteiger partial charge in [0.15, 0.2) is 18.3 Å². The highest BCUT2D eigenvalue weighted by Crippen LogP contribution is 2.21. The average Bonchev–Trinajstić information content (AvgIpc) is 3.08. The molecule has 2 aromatic heterocycles. The largest absolute Gasteiger partial charge is 0.454 e. The number of carbonyl (C=O) groups is 2. The van der Waals surface area contributed by atoms with Crippen LogP contribution in [0.3, 0.4) is 0 Å². The van der Waals surface area contributed by atoms with Crippen molar-refractivity contribution in [2.24, 2.45) is 0 Å². The molecule has 2 heterocycles. The Morgan fingerprint density at radius 3 is 2.85 bits per heavy atom. The molecule has 0 saturated carbocycles. The van der Waals surface area contributed by atoms with Gasteiger partial charge < -0.3 is 4.74 Å². The Hall–Kier alpha value is -2.04. The van der Waals surface area contributed by atoms with Gasteiger partial charge in [0.1, 0.15) is 5.01 Å². The molecule has 0 radical (unpaired) electrons. The molecule has 0 bridgehead atoms. The standard InChI is InChI=1S/C13H10N2O3S2/c1-8-6-20-12(15-8)10(4-14)11(16)5-18-13(17)9-2-3-19-7-9/h2-3,6-7,10H,5H2,1H3/t10-/m1/s1. The number of ketones is 1. The van der Waals surface area contributed by atoms with Crippen molar-refractivity contribution >= 4 is 34.4 Å². The van der Waals surface area contributed by atoms with Gasteiger partial charge in [-0.15, -0.1) is 11.3 Å². The third-order valence-electron chi connectivity index (χ3n) is 2.44. The molecule has 0 spiro atoms. The van der Waals surface area contributed by atoms with Crippen molar-refractivity contribution in [3.05, 3.63) is 38.5 Å². The van der Waals surface area contributed by atoms with Gasteiger partial charge in [0.2, 0.25) is 0 Å². The summed E-state index contributed by atoms with van der Waals surface area (Å²) in [5, 5.41) is 14.6. The third kappa shape index (κ3) is 3.29. The van der Waals surface area contributed by atoms with Crippen LogP contribution in [0.4, 0.5) is 0 Å². The summed E-state index contributed by atoms with van der Waals surface area (Å²) in [5.74, 6) is -2.01. The van der Waals surface area contributed by atoms with E-state index in [0.29, 0.717) is 10.6 Å². The van der Waals surface area contributed by atoms with Gasteiger partial charge in [-0.2, -0.15) is 16.6 Å². The summed E-state index contributed by atoms with van der Waals surface area (Å²) in [6.07, 6.45) is 0. The van der Waals surface area contributed by atoms with Gasteiger partial charge in [-0.05, 0) is 18.4 Å². The SMILES string of the molecule is Cc1csc([C@H](C#N)C(=O)COC(=O)c2ccsc2)n1. The average molecular weight is 306 g/mol. The number of thiophene rings is 1. The molecule has 0 amide bonds. The van der Waals surface area contributed by atoms with Gasteiger partial charge in [-0.1, -0.05) is 0 Å². The van der Waals surface area contributed by atoms with E-state index in [1.54, 1.807) is 29.1 Å². The fourth-order valence-corrected chi connectivity index (χ4v) is 2.94. The van der Waals surface area contributed by atoms with E-state index >= 15 is 0 Å². The number of hydrogen-bond donors (Lipinski definition) is 0. The molecule has 0 saturated heterocycles. The number of Topliss-reactive ketones (excluding diaryl/α,β-unsaturated/α-hetero) is 1. The molecule has 0 aromatic carbocycles. The van der Waals surface area contributed by atoms with Crippen molar-refractivity contribution in [3.63, 3.8) is 0 Å². The normalized spacial score (nSPS) is 11.6. The number of aromatic nitrogens is 1. The Kier molecular flexibility index (Phi) is 4.61. The van der Waals surface area contributed by atoms with Crippen LogP contribution >= 0.6 is 22.7 Å². The van der Waals surface area contributed by atoms with Crippen LogP contribution in [0.1, 0.15) is 27.0 Å². The van der Waals surface area contributed by atoms with Crippen molar-refractivity contribution in [3.8, 4) is 6.07 Å². The lowest BCUT2D eigenvalue weighted by molar-refractivity contribution is -0.122. The first-order valence-electron chi connectivity index (χ1n) is 5.65. The fraction of sp³-hybridized carbons (Fsp3) is 0.231. The monoisotopic (exact) mass is 306 g/mol. The Morgan fingerprint density at radius 1 is 1.50 bits per heavy atom.